The molecule has 0 amide bonds. The topological polar surface area (TPSA) is 57.2 Å². The van der Waals surface area contributed by atoms with E-state index in [1.165, 1.54) is 0 Å². The maximum atomic E-state index is 12.0. The summed E-state index contributed by atoms with van der Waals surface area (Å²) in [6.07, 6.45) is 1.74. The second kappa shape index (κ2) is 5.70. The normalized spacial score (nSPS) is 12.8. The minimum absolute atomic E-state index is 0.00454. The van der Waals surface area contributed by atoms with Gasteiger partial charge in [-0.2, -0.15) is 0 Å². The zero-order chi connectivity index (χ0) is 12.1. The van der Waals surface area contributed by atoms with Crippen LogP contribution in [0.5, 0.6) is 5.75 Å². The van der Waals surface area contributed by atoms with Gasteiger partial charge in [0, 0.05) is 18.8 Å². The summed E-state index contributed by atoms with van der Waals surface area (Å²) in [5.41, 5.74) is 5.43. The van der Waals surface area contributed by atoms with Gasteiger partial charge >= 0.3 is 0 Å². The zero-order valence-electron chi connectivity index (χ0n) is 10.1. The Hall–Kier alpha value is -1.29. The van der Waals surface area contributed by atoms with Crippen molar-refractivity contribution in [2.75, 3.05) is 13.2 Å². The lowest BCUT2D eigenvalue weighted by Gasteiger charge is -2.14. The van der Waals surface area contributed by atoms with Crippen molar-refractivity contribution in [2.45, 2.75) is 26.8 Å². The maximum absolute atomic E-state index is 12.0. The molecule has 0 bridgehead atoms. The molecule has 0 aliphatic carbocycles. The number of hydrogen-bond acceptors (Lipinski definition) is 3. The highest BCUT2D eigenvalue weighted by atomic mass is 16.5. The Kier molecular flexibility index (Phi) is 4.55. The molecule has 0 aromatic carbocycles. The number of nitrogens with two attached hydrogens (primary N) is 1. The molecule has 0 aliphatic rings. The highest BCUT2D eigenvalue weighted by Gasteiger charge is 2.09. The van der Waals surface area contributed by atoms with Gasteiger partial charge in [0.05, 0.1) is 6.61 Å². The Morgan fingerprint density at radius 3 is 2.69 bits per heavy atom. The maximum Gasteiger partial charge on any atom is 0.293 e. The first-order chi connectivity index (χ1) is 7.56. The predicted molar refractivity (Wildman–Crippen MR) is 64.8 cm³/mol. The van der Waals surface area contributed by atoms with Crippen molar-refractivity contribution in [3.8, 4) is 5.75 Å². The van der Waals surface area contributed by atoms with Crippen LogP contribution in [0.25, 0.3) is 0 Å². The average Bonchev–Trinajstić information content (AvgIpc) is 2.26. The van der Waals surface area contributed by atoms with Crippen molar-refractivity contribution in [2.24, 2.45) is 11.7 Å². The van der Waals surface area contributed by atoms with Crippen LogP contribution in [0.2, 0.25) is 0 Å². The molecule has 1 rings (SSSR count). The minimum atomic E-state index is -0.110. The molecule has 0 aliphatic heterocycles. The molecule has 0 spiro atoms. The summed E-state index contributed by atoms with van der Waals surface area (Å²) in [5.74, 6) is 0.802. The summed E-state index contributed by atoms with van der Waals surface area (Å²) in [4.78, 5) is 12.0. The third-order valence-corrected chi connectivity index (χ3v) is 2.33. The van der Waals surface area contributed by atoms with E-state index in [1.807, 2.05) is 26.8 Å². The minimum Gasteiger partial charge on any atom is -0.488 e. The Bertz CT molecular complexity index is 385. The molecule has 4 heteroatoms. The summed E-state index contributed by atoms with van der Waals surface area (Å²) < 4.78 is 7.07. The van der Waals surface area contributed by atoms with Crippen molar-refractivity contribution in [3.63, 3.8) is 0 Å². The second-order valence-corrected chi connectivity index (χ2v) is 4.37. The first kappa shape index (κ1) is 12.8. The van der Waals surface area contributed by atoms with E-state index in [0.717, 1.165) is 0 Å². The van der Waals surface area contributed by atoms with Gasteiger partial charge in [0.1, 0.15) is 0 Å². The molecular weight excluding hydrogens is 204 g/mol. The van der Waals surface area contributed by atoms with Gasteiger partial charge in [-0.05, 0) is 25.0 Å². The molecule has 4 nitrogen and oxygen atoms in total. The summed E-state index contributed by atoms with van der Waals surface area (Å²) in [5, 5.41) is 0. The summed E-state index contributed by atoms with van der Waals surface area (Å²) in [7, 11) is 0. The SMILES string of the molecule is CC(C)COc1cccn(C(C)CN)c1=O. The zero-order valence-corrected chi connectivity index (χ0v) is 10.1. The van der Waals surface area contributed by atoms with Crippen LogP contribution in [0.1, 0.15) is 26.8 Å². The lowest BCUT2D eigenvalue weighted by molar-refractivity contribution is 0.264. The lowest BCUT2D eigenvalue weighted by Crippen LogP contribution is -2.28. The fraction of sp³-hybridized carbons (Fsp3) is 0.583. The smallest absolute Gasteiger partial charge is 0.293 e. The molecule has 2 N–H and O–H groups in total. The summed E-state index contributed by atoms with van der Waals surface area (Å²) in [6, 6.07) is 3.50. The first-order valence-electron chi connectivity index (χ1n) is 5.60. The van der Waals surface area contributed by atoms with Crippen LogP contribution in [0.15, 0.2) is 23.1 Å². The molecule has 1 heterocycles. The number of hydrogen-bond donors (Lipinski definition) is 1. The fourth-order valence-electron chi connectivity index (χ4n) is 1.32. The van der Waals surface area contributed by atoms with Gasteiger partial charge in [0.15, 0.2) is 5.75 Å². The lowest BCUT2D eigenvalue weighted by atomic mass is 10.2. The molecule has 1 unspecified atom stereocenters. The van der Waals surface area contributed by atoms with Crippen molar-refractivity contribution in [3.05, 3.63) is 28.7 Å². The largest absolute Gasteiger partial charge is 0.488 e. The summed E-state index contributed by atoms with van der Waals surface area (Å²) in [6.45, 7) is 6.99. The quantitative estimate of drug-likeness (QED) is 0.822. The Balaban J connectivity index is 2.91. The van der Waals surface area contributed by atoms with Crippen molar-refractivity contribution in [1.82, 2.24) is 4.57 Å². The van der Waals surface area contributed by atoms with Crippen LogP contribution in [-0.2, 0) is 0 Å². The monoisotopic (exact) mass is 224 g/mol. The van der Waals surface area contributed by atoms with Gasteiger partial charge < -0.3 is 15.0 Å². The van der Waals surface area contributed by atoms with Crippen molar-refractivity contribution >= 4 is 0 Å². The fourth-order valence-corrected chi connectivity index (χ4v) is 1.32. The molecule has 0 saturated heterocycles. The standard InChI is InChI=1S/C12H20N2O2/c1-9(2)8-16-11-5-4-6-14(12(11)15)10(3)7-13/h4-6,9-10H,7-8,13H2,1-3H3. The average molecular weight is 224 g/mol. The van der Waals surface area contributed by atoms with Gasteiger partial charge in [-0.15, -0.1) is 0 Å². The summed E-state index contributed by atoms with van der Waals surface area (Å²) >= 11 is 0. The van der Waals surface area contributed by atoms with Gasteiger partial charge in [-0.1, -0.05) is 13.8 Å². The molecule has 1 atom stereocenters. The highest BCUT2D eigenvalue weighted by molar-refractivity contribution is 5.17. The molecular formula is C12H20N2O2. The molecule has 90 valence electrons. The molecule has 1 aromatic heterocycles. The number of rotatable bonds is 5. The van der Waals surface area contributed by atoms with Gasteiger partial charge in [0.2, 0.25) is 0 Å². The molecule has 0 radical (unpaired) electrons. The molecule has 0 saturated carbocycles. The van der Waals surface area contributed by atoms with E-state index in [-0.39, 0.29) is 11.6 Å². The van der Waals surface area contributed by atoms with E-state index in [9.17, 15) is 4.79 Å². The van der Waals surface area contributed by atoms with Crippen molar-refractivity contribution < 1.29 is 4.74 Å². The number of ether oxygens (including phenoxy) is 1. The van der Waals surface area contributed by atoms with Crippen LogP contribution >= 0.6 is 0 Å². The highest BCUT2D eigenvalue weighted by Crippen LogP contribution is 2.07. The van der Waals surface area contributed by atoms with Gasteiger partial charge in [-0.3, -0.25) is 4.79 Å². The van der Waals surface area contributed by atoms with E-state index >= 15 is 0 Å². The van der Waals surface area contributed by atoms with Crippen LogP contribution in [-0.4, -0.2) is 17.7 Å². The van der Waals surface area contributed by atoms with Crippen LogP contribution in [0.4, 0.5) is 0 Å². The number of nitrogens with zero attached hydrogens (tertiary/aromatic N) is 1. The third kappa shape index (κ3) is 3.10. The second-order valence-electron chi connectivity index (χ2n) is 4.37. The predicted octanol–water partition coefficient (Wildman–Crippen LogP) is 1.40. The van der Waals surface area contributed by atoms with E-state index in [2.05, 4.69) is 0 Å². The number of aromatic nitrogens is 1. The van der Waals surface area contributed by atoms with Crippen LogP contribution in [0.3, 0.4) is 0 Å². The first-order valence-corrected chi connectivity index (χ1v) is 5.60. The molecule has 0 fully saturated rings. The molecule has 16 heavy (non-hydrogen) atoms. The Morgan fingerprint density at radius 1 is 1.44 bits per heavy atom. The van der Waals surface area contributed by atoms with E-state index < -0.39 is 0 Å². The van der Waals surface area contributed by atoms with Crippen molar-refractivity contribution in [1.29, 1.82) is 0 Å². The van der Waals surface area contributed by atoms with E-state index in [0.29, 0.717) is 24.8 Å². The Morgan fingerprint density at radius 2 is 2.12 bits per heavy atom. The van der Waals surface area contributed by atoms with Crippen LogP contribution < -0.4 is 16.0 Å². The van der Waals surface area contributed by atoms with E-state index in [1.54, 1.807) is 16.8 Å². The van der Waals surface area contributed by atoms with Gasteiger partial charge in [0.25, 0.3) is 5.56 Å². The van der Waals surface area contributed by atoms with E-state index in [4.69, 9.17) is 10.5 Å². The Labute approximate surface area is 96.0 Å². The molecule has 1 aromatic rings. The third-order valence-electron chi connectivity index (χ3n) is 2.33. The number of pyridine rings is 1. The van der Waals surface area contributed by atoms with Gasteiger partial charge in [-0.25, -0.2) is 0 Å². The van der Waals surface area contributed by atoms with Crippen LogP contribution in [0, 0.1) is 5.92 Å².